The van der Waals surface area contributed by atoms with Crippen molar-refractivity contribution in [1.29, 1.82) is 0 Å². The van der Waals surface area contributed by atoms with Crippen LogP contribution >= 0.6 is 0 Å². The lowest BCUT2D eigenvalue weighted by Crippen LogP contribution is -2.19. The van der Waals surface area contributed by atoms with Gasteiger partial charge in [-0.1, -0.05) is 20.8 Å². The Bertz CT molecular complexity index is 1690. The topological polar surface area (TPSA) is 74.6 Å². The molecule has 0 amide bonds. The highest BCUT2D eigenvalue weighted by molar-refractivity contribution is 5.93. The largest absolute Gasteiger partial charge is 0.381 e. The molecule has 0 aliphatic heterocycles. The van der Waals surface area contributed by atoms with Crippen molar-refractivity contribution in [3.05, 3.63) is 58.8 Å². The van der Waals surface area contributed by atoms with E-state index in [2.05, 4.69) is 45.0 Å². The first-order valence-electron chi connectivity index (χ1n) is 12.0. The predicted octanol–water partition coefficient (Wildman–Crippen LogP) is 4.87. The molecule has 3 heterocycles. The van der Waals surface area contributed by atoms with Crippen LogP contribution in [-0.2, 0) is 26.6 Å². The van der Waals surface area contributed by atoms with Gasteiger partial charge in [-0.05, 0) is 32.0 Å². The third kappa shape index (κ3) is 3.70. The summed E-state index contributed by atoms with van der Waals surface area (Å²) >= 11 is 0. The first-order valence-corrected chi connectivity index (χ1v) is 12.0. The highest BCUT2D eigenvalue weighted by Crippen LogP contribution is 2.36. The van der Waals surface area contributed by atoms with Crippen molar-refractivity contribution >= 4 is 27.8 Å². The molecule has 188 valence electrons. The van der Waals surface area contributed by atoms with E-state index in [0.29, 0.717) is 22.2 Å². The molecule has 3 aromatic heterocycles. The second kappa shape index (κ2) is 8.08. The molecule has 0 fully saturated rings. The Labute approximate surface area is 209 Å². The summed E-state index contributed by atoms with van der Waals surface area (Å²) in [7, 11) is 5.35. The molecular weight excluding hydrogens is 457 g/mol. The number of halogens is 1. The molecule has 0 unspecified atom stereocenters. The van der Waals surface area contributed by atoms with E-state index in [9.17, 15) is 4.79 Å². The van der Waals surface area contributed by atoms with Crippen molar-refractivity contribution in [3.63, 3.8) is 0 Å². The maximum atomic E-state index is 15.5. The summed E-state index contributed by atoms with van der Waals surface area (Å²) in [6.07, 6.45) is 3.44. The van der Waals surface area contributed by atoms with Crippen LogP contribution in [0.3, 0.4) is 0 Å². The summed E-state index contributed by atoms with van der Waals surface area (Å²) in [6.45, 7) is 10.4. The molecule has 8 nitrogen and oxygen atoms in total. The van der Waals surface area contributed by atoms with Gasteiger partial charge in [0.1, 0.15) is 11.6 Å². The smallest absolute Gasteiger partial charge is 0.328 e. The maximum absolute atomic E-state index is 15.5. The number of nitrogens with zero attached hydrogens (tertiary/aromatic N) is 6. The Morgan fingerprint density at radius 3 is 2.33 bits per heavy atom. The normalized spacial score (nSPS) is 12.4. The summed E-state index contributed by atoms with van der Waals surface area (Å²) in [5.41, 5.74) is 5.36. The molecule has 0 spiro atoms. The van der Waals surface area contributed by atoms with Crippen LogP contribution < -0.4 is 11.0 Å². The number of nitrogens with one attached hydrogen (secondary N) is 1. The van der Waals surface area contributed by atoms with Gasteiger partial charge >= 0.3 is 5.69 Å². The lowest BCUT2D eigenvalue weighted by Gasteiger charge is -2.22. The highest BCUT2D eigenvalue weighted by atomic mass is 19.1. The van der Waals surface area contributed by atoms with E-state index in [4.69, 9.17) is 4.98 Å². The summed E-state index contributed by atoms with van der Waals surface area (Å²) < 4.78 is 22.5. The van der Waals surface area contributed by atoms with Gasteiger partial charge in [-0.25, -0.2) is 14.2 Å². The van der Waals surface area contributed by atoms with Crippen molar-refractivity contribution in [3.8, 4) is 16.8 Å². The fraction of sp³-hybridized carbons (Fsp3) is 0.370. The minimum atomic E-state index is -0.342. The molecular formula is C27H32FN7O. The van der Waals surface area contributed by atoms with Crippen molar-refractivity contribution < 1.29 is 4.39 Å². The average Bonchev–Trinajstić information content (AvgIpc) is 3.44. The third-order valence-electron chi connectivity index (χ3n) is 6.48. The van der Waals surface area contributed by atoms with E-state index in [1.807, 2.05) is 23.7 Å². The molecule has 0 radical (unpaired) electrons. The van der Waals surface area contributed by atoms with Crippen LogP contribution in [0.15, 0.2) is 41.5 Å². The van der Waals surface area contributed by atoms with Crippen LogP contribution in [0.25, 0.3) is 38.9 Å². The lowest BCUT2D eigenvalue weighted by molar-refractivity contribution is 0.539. The first kappa shape index (κ1) is 23.8. The number of hydrogen-bond acceptors (Lipinski definition) is 4. The minimum absolute atomic E-state index is 0.104. The Balaban J connectivity index is 1.85. The van der Waals surface area contributed by atoms with Crippen molar-refractivity contribution in [2.45, 2.75) is 46.1 Å². The summed E-state index contributed by atoms with van der Waals surface area (Å²) in [4.78, 5) is 17.8. The molecule has 2 aromatic carbocycles. The van der Waals surface area contributed by atoms with Gasteiger partial charge in [0.15, 0.2) is 0 Å². The Morgan fingerprint density at radius 2 is 1.72 bits per heavy atom. The molecule has 9 heteroatoms. The average molecular weight is 490 g/mol. The second-order valence-electron chi connectivity index (χ2n) is 10.8. The van der Waals surface area contributed by atoms with Crippen molar-refractivity contribution in [2.75, 3.05) is 5.32 Å². The molecule has 5 aromatic rings. The van der Waals surface area contributed by atoms with Crippen LogP contribution in [0.4, 0.5) is 10.1 Å². The van der Waals surface area contributed by atoms with Crippen LogP contribution in [-0.4, -0.2) is 34.5 Å². The summed E-state index contributed by atoms with van der Waals surface area (Å²) in [5, 5.41) is 7.68. The molecule has 0 saturated carbocycles. The SMILES string of the molecule is CC(C)Nc1cc(-n2c(C(C)(C)C)nc3cc(-c4cnn(C)c4)c(F)cc32)cc2c1n(C)c(=O)n2C. The zero-order chi connectivity index (χ0) is 26.1. The van der Waals surface area contributed by atoms with E-state index in [-0.39, 0.29) is 23.0 Å². The zero-order valence-corrected chi connectivity index (χ0v) is 22.0. The van der Waals surface area contributed by atoms with Gasteiger partial charge in [-0.2, -0.15) is 5.10 Å². The van der Waals surface area contributed by atoms with Crippen molar-refractivity contribution in [2.24, 2.45) is 21.1 Å². The van der Waals surface area contributed by atoms with Crippen LogP contribution in [0.2, 0.25) is 0 Å². The standard InChI is InChI=1S/C27H32FN7O/c1-15(2)30-21-9-17(10-23-24(21)34(8)26(36)33(23)7)35-22-12-19(28)18(16-13-29-32(6)14-16)11-20(22)31-25(35)27(3,4)5/h9-15,30H,1-8H3. The van der Waals surface area contributed by atoms with E-state index in [0.717, 1.165) is 28.2 Å². The molecule has 36 heavy (non-hydrogen) atoms. The quantitative estimate of drug-likeness (QED) is 0.391. The number of anilines is 1. The highest BCUT2D eigenvalue weighted by Gasteiger charge is 2.26. The Hall–Kier alpha value is -3.88. The molecule has 0 aliphatic rings. The monoisotopic (exact) mass is 489 g/mol. The fourth-order valence-corrected chi connectivity index (χ4v) is 4.83. The number of fused-ring (bicyclic) bond motifs is 2. The Kier molecular flexibility index (Phi) is 5.35. The zero-order valence-electron chi connectivity index (χ0n) is 22.0. The molecule has 5 rings (SSSR count). The molecule has 0 atom stereocenters. The van der Waals surface area contributed by atoms with Gasteiger partial charge in [0, 0.05) is 56.0 Å². The van der Waals surface area contributed by atoms with Gasteiger partial charge in [0.25, 0.3) is 0 Å². The van der Waals surface area contributed by atoms with Crippen LogP contribution in [0, 0.1) is 5.82 Å². The lowest BCUT2D eigenvalue weighted by atomic mass is 9.95. The molecule has 0 saturated heterocycles. The molecule has 0 aliphatic carbocycles. The Morgan fingerprint density at radius 1 is 1.00 bits per heavy atom. The number of hydrogen-bond donors (Lipinski definition) is 1. The number of aromatic nitrogens is 6. The van der Waals surface area contributed by atoms with Gasteiger partial charge < -0.3 is 5.32 Å². The number of imidazole rings is 2. The maximum Gasteiger partial charge on any atom is 0.328 e. The fourth-order valence-electron chi connectivity index (χ4n) is 4.83. The van der Waals surface area contributed by atoms with Gasteiger partial charge in [0.2, 0.25) is 0 Å². The number of aryl methyl sites for hydroxylation is 3. The molecule has 0 bridgehead atoms. The molecule has 1 N–H and O–H groups in total. The van der Waals surface area contributed by atoms with E-state index >= 15 is 4.39 Å². The van der Waals surface area contributed by atoms with E-state index in [1.54, 1.807) is 52.4 Å². The summed E-state index contributed by atoms with van der Waals surface area (Å²) in [5.74, 6) is 0.460. The van der Waals surface area contributed by atoms with Crippen LogP contribution in [0.5, 0.6) is 0 Å². The predicted molar refractivity (Wildman–Crippen MR) is 142 cm³/mol. The summed E-state index contributed by atoms with van der Waals surface area (Å²) in [6, 6.07) is 7.48. The number of rotatable bonds is 4. The van der Waals surface area contributed by atoms with Crippen LogP contribution in [0.1, 0.15) is 40.4 Å². The second-order valence-corrected chi connectivity index (χ2v) is 10.8. The van der Waals surface area contributed by atoms with Gasteiger partial charge in [0.05, 0.1) is 39.6 Å². The van der Waals surface area contributed by atoms with E-state index in [1.165, 1.54) is 0 Å². The first-order chi connectivity index (χ1) is 16.9. The van der Waals surface area contributed by atoms with E-state index < -0.39 is 0 Å². The van der Waals surface area contributed by atoms with Crippen molar-refractivity contribution in [1.82, 2.24) is 28.5 Å². The number of benzene rings is 2. The minimum Gasteiger partial charge on any atom is -0.381 e. The van der Waals surface area contributed by atoms with Gasteiger partial charge in [-0.3, -0.25) is 18.4 Å². The third-order valence-corrected chi connectivity index (χ3v) is 6.48. The van der Waals surface area contributed by atoms with Gasteiger partial charge in [-0.15, -0.1) is 0 Å².